The van der Waals surface area contributed by atoms with E-state index in [9.17, 15) is 14.4 Å². The van der Waals surface area contributed by atoms with Gasteiger partial charge in [-0.3, -0.25) is 9.69 Å². The number of Topliss-reactive ketones (excluding diaryl/α,β-unsaturated/α-hetero) is 1. The molecule has 0 bridgehead atoms. The van der Waals surface area contributed by atoms with E-state index in [-0.39, 0.29) is 17.7 Å². The number of rotatable bonds is 4. The van der Waals surface area contributed by atoms with E-state index in [1.165, 1.54) is 11.8 Å². The van der Waals surface area contributed by atoms with E-state index in [4.69, 9.17) is 0 Å². The number of urea groups is 1. The highest BCUT2D eigenvalue weighted by atomic mass is 16.2. The van der Waals surface area contributed by atoms with Crippen molar-refractivity contribution in [1.82, 2.24) is 10.2 Å². The number of carbonyl (C=O) groups is 3. The van der Waals surface area contributed by atoms with Crippen LogP contribution in [-0.2, 0) is 9.59 Å². The first kappa shape index (κ1) is 11.7. The summed E-state index contributed by atoms with van der Waals surface area (Å²) in [7, 11) is 0. The Balaban J connectivity index is 2.52. The van der Waals surface area contributed by atoms with Crippen molar-refractivity contribution in [3.8, 4) is 0 Å². The van der Waals surface area contributed by atoms with Crippen molar-refractivity contribution < 1.29 is 14.4 Å². The first-order chi connectivity index (χ1) is 6.84. The van der Waals surface area contributed by atoms with Crippen LogP contribution in [0.2, 0.25) is 0 Å². The molecule has 0 radical (unpaired) electrons. The molecule has 0 aromatic carbocycles. The van der Waals surface area contributed by atoms with E-state index >= 15 is 0 Å². The Labute approximate surface area is 88.8 Å². The van der Waals surface area contributed by atoms with E-state index in [0.29, 0.717) is 19.4 Å². The molecule has 1 aliphatic heterocycles. The zero-order valence-corrected chi connectivity index (χ0v) is 9.29. The Morgan fingerprint density at radius 3 is 2.40 bits per heavy atom. The monoisotopic (exact) mass is 212 g/mol. The van der Waals surface area contributed by atoms with Gasteiger partial charge in [-0.1, -0.05) is 0 Å². The summed E-state index contributed by atoms with van der Waals surface area (Å²) >= 11 is 0. The molecule has 0 atom stereocenters. The summed E-state index contributed by atoms with van der Waals surface area (Å²) < 4.78 is 0. The first-order valence-corrected chi connectivity index (χ1v) is 4.98. The van der Waals surface area contributed by atoms with Gasteiger partial charge < -0.3 is 10.1 Å². The van der Waals surface area contributed by atoms with Crippen molar-refractivity contribution in [2.24, 2.45) is 0 Å². The molecule has 5 nitrogen and oxygen atoms in total. The minimum absolute atomic E-state index is 0.0707. The molecule has 0 aliphatic carbocycles. The van der Waals surface area contributed by atoms with Crippen LogP contribution in [-0.4, -0.2) is 34.7 Å². The Morgan fingerprint density at radius 1 is 1.40 bits per heavy atom. The molecule has 1 heterocycles. The predicted octanol–water partition coefficient (Wildman–Crippen LogP) is 0.686. The Bertz CT molecular complexity index is 310. The van der Waals surface area contributed by atoms with Crippen LogP contribution in [0.4, 0.5) is 4.79 Å². The lowest BCUT2D eigenvalue weighted by atomic mass is 10.1. The number of hydrogen-bond donors (Lipinski definition) is 1. The minimum atomic E-state index is -0.812. The van der Waals surface area contributed by atoms with Gasteiger partial charge in [0.1, 0.15) is 11.3 Å². The zero-order valence-electron chi connectivity index (χ0n) is 9.29. The number of hydrogen-bond acceptors (Lipinski definition) is 3. The third-order valence-corrected chi connectivity index (χ3v) is 2.35. The number of carbonyl (C=O) groups excluding carboxylic acids is 3. The van der Waals surface area contributed by atoms with Gasteiger partial charge in [-0.25, -0.2) is 4.79 Å². The lowest BCUT2D eigenvalue weighted by Gasteiger charge is -2.15. The maximum atomic E-state index is 11.7. The second kappa shape index (κ2) is 4.00. The molecule has 0 saturated carbocycles. The van der Waals surface area contributed by atoms with E-state index in [0.717, 1.165) is 0 Å². The fourth-order valence-electron chi connectivity index (χ4n) is 1.51. The maximum absolute atomic E-state index is 11.7. The molecule has 1 saturated heterocycles. The van der Waals surface area contributed by atoms with Crippen LogP contribution in [0.3, 0.4) is 0 Å². The van der Waals surface area contributed by atoms with Gasteiger partial charge in [-0.15, -0.1) is 0 Å². The highest BCUT2D eigenvalue weighted by Crippen LogP contribution is 2.16. The van der Waals surface area contributed by atoms with Crippen molar-refractivity contribution >= 4 is 17.7 Å². The van der Waals surface area contributed by atoms with Crippen LogP contribution in [0.25, 0.3) is 0 Å². The molecule has 0 unspecified atom stereocenters. The highest BCUT2D eigenvalue weighted by Gasteiger charge is 2.43. The third kappa shape index (κ3) is 2.55. The summed E-state index contributed by atoms with van der Waals surface area (Å²) in [4.78, 5) is 34.9. The molecular weight excluding hydrogens is 196 g/mol. The third-order valence-electron chi connectivity index (χ3n) is 2.35. The molecule has 3 amide bonds. The number of nitrogens with zero attached hydrogens (tertiary/aromatic N) is 1. The van der Waals surface area contributed by atoms with Crippen LogP contribution in [0.15, 0.2) is 0 Å². The van der Waals surface area contributed by atoms with Crippen molar-refractivity contribution in [3.05, 3.63) is 0 Å². The van der Waals surface area contributed by atoms with Gasteiger partial charge in [0.05, 0.1) is 0 Å². The molecule has 0 aromatic rings. The Morgan fingerprint density at radius 2 is 2.00 bits per heavy atom. The average Bonchev–Trinajstić information content (AvgIpc) is 2.26. The summed E-state index contributed by atoms with van der Waals surface area (Å²) in [5.74, 6) is -0.155. The highest BCUT2D eigenvalue weighted by molar-refractivity contribution is 6.06. The van der Waals surface area contributed by atoms with Crippen LogP contribution >= 0.6 is 0 Å². The fourth-order valence-corrected chi connectivity index (χ4v) is 1.51. The van der Waals surface area contributed by atoms with Crippen molar-refractivity contribution in [3.63, 3.8) is 0 Å². The second-order valence-electron chi connectivity index (χ2n) is 4.32. The molecule has 84 valence electrons. The normalized spacial score (nSPS) is 19.3. The first-order valence-electron chi connectivity index (χ1n) is 4.98. The van der Waals surface area contributed by atoms with Gasteiger partial charge in [-0.05, 0) is 27.2 Å². The lowest BCUT2D eigenvalue weighted by molar-refractivity contribution is -0.130. The molecular formula is C10H16N2O3. The van der Waals surface area contributed by atoms with Gasteiger partial charge in [0, 0.05) is 13.0 Å². The minimum Gasteiger partial charge on any atom is -0.324 e. The van der Waals surface area contributed by atoms with Crippen LogP contribution < -0.4 is 5.32 Å². The van der Waals surface area contributed by atoms with Crippen LogP contribution in [0, 0.1) is 0 Å². The predicted molar refractivity (Wildman–Crippen MR) is 54.2 cm³/mol. The number of amides is 3. The number of ketones is 1. The zero-order chi connectivity index (χ0) is 11.6. The van der Waals surface area contributed by atoms with E-state index in [2.05, 4.69) is 5.32 Å². The van der Waals surface area contributed by atoms with Gasteiger partial charge in [0.15, 0.2) is 0 Å². The van der Waals surface area contributed by atoms with E-state index in [1.54, 1.807) is 13.8 Å². The molecule has 1 aliphatic rings. The molecule has 0 aromatic heterocycles. The molecule has 1 fully saturated rings. The Hall–Kier alpha value is -1.39. The average molecular weight is 212 g/mol. The summed E-state index contributed by atoms with van der Waals surface area (Å²) in [6, 6.07) is -0.367. The Kier molecular flexibility index (Phi) is 3.12. The van der Waals surface area contributed by atoms with Crippen LogP contribution in [0.5, 0.6) is 0 Å². The molecule has 1 N–H and O–H groups in total. The van der Waals surface area contributed by atoms with Crippen LogP contribution in [0.1, 0.15) is 33.6 Å². The fraction of sp³-hybridized carbons (Fsp3) is 0.700. The van der Waals surface area contributed by atoms with E-state index < -0.39 is 5.54 Å². The topological polar surface area (TPSA) is 66.5 Å². The van der Waals surface area contributed by atoms with Crippen molar-refractivity contribution in [1.29, 1.82) is 0 Å². The maximum Gasteiger partial charge on any atom is 0.325 e. The van der Waals surface area contributed by atoms with Gasteiger partial charge in [0.25, 0.3) is 5.91 Å². The summed E-state index contributed by atoms with van der Waals surface area (Å²) in [6.07, 6.45) is 0.933. The summed E-state index contributed by atoms with van der Waals surface area (Å²) in [5.41, 5.74) is -0.812. The largest absolute Gasteiger partial charge is 0.325 e. The molecule has 5 heteroatoms. The van der Waals surface area contributed by atoms with Crippen molar-refractivity contribution in [2.75, 3.05) is 6.54 Å². The number of nitrogens with one attached hydrogen (secondary N) is 1. The van der Waals surface area contributed by atoms with Crippen molar-refractivity contribution in [2.45, 2.75) is 39.2 Å². The van der Waals surface area contributed by atoms with Gasteiger partial charge >= 0.3 is 6.03 Å². The lowest BCUT2D eigenvalue weighted by Crippen LogP contribution is -2.40. The molecule has 15 heavy (non-hydrogen) atoms. The smallest absolute Gasteiger partial charge is 0.324 e. The van der Waals surface area contributed by atoms with Gasteiger partial charge in [-0.2, -0.15) is 0 Å². The standard InChI is InChI=1S/C10H16N2O3/c1-7(13)5-4-6-12-8(14)10(2,3)11-9(12)15/h4-6H2,1-3H3,(H,11,15). The molecule has 1 rings (SSSR count). The SMILES string of the molecule is CC(=O)CCCN1C(=O)NC(C)(C)C1=O. The summed E-state index contributed by atoms with van der Waals surface area (Å²) in [5, 5.41) is 2.58. The van der Waals surface area contributed by atoms with E-state index in [1.807, 2.05) is 0 Å². The van der Waals surface area contributed by atoms with Gasteiger partial charge in [0.2, 0.25) is 0 Å². The second-order valence-corrected chi connectivity index (χ2v) is 4.32. The molecule has 0 spiro atoms. The number of imide groups is 1. The quantitative estimate of drug-likeness (QED) is 0.697. The summed E-state index contributed by atoms with van der Waals surface area (Å²) in [6.45, 7) is 5.14.